The molecule has 0 bridgehead atoms. The van der Waals surface area contributed by atoms with Gasteiger partial charge in [0.2, 0.25) is 5.91 Å². The average Bonchev–Trinajstić information content (AvgIpc) is 3.19. The lowest BCUT2D eigenvalue weighted by atomic mass is 10.2. The van der Waals surface area contributed by atoms with Crippen LogP contribution in [0.25, 0.3) is 0 Å². The molecule has 1 aliphatic heterocycles. The van der Waals surface area contributed by atoms with Crippen molar-refractivity contribution in [2.24, 2.45) is 5.10 Å². The lowest BCUT2D eigenvalue weighted by Gasteiger charge is -2.16. The minimum absolute atomic E-state index is 0.0911. The molecule has 6 heteroatoms. The Morgan fingerprint density at radius 3 is 2.95 bits per heavy atom. The molecule has 2 heterocycles. The monoisotopic (exact) mass is 297 g/mol. The molecule has 22 heavy (non-hydrogen) atoms. The Hall–Kier alpha value is -2.89. The van der Waals surface area contributed by atoms with E-state index in [1.54, 1.807) is 35.2 Å². The zero-order valence-corrected chi connectivity index (χ0v) is 11.9. The maximum Gasteiger partial charge on any atom is 0.271 e. The van der Waals surface area contributed by atoms with Crippen LogP contribution in [0.4, 0.5) is 5.69 Å². The van der Waals surface area contributed by atoms with Gasteiger partial charge in [-0.05, 0) is 36.8 Å². The van der Waals surface area contributed by atoms with Crippen LogP contribution in [0.3, 0.4) is 0 Å². The van der Waals surface area contributed by atoms with Crippen molar-refractivity contribution in [3.8, 4) is 0 Å². The lowest BCUT2D eigenvalue weighted by molar-refractivity contribution is -0.117. The molecule has 1 aromatic carbocycles. The second-order valence-corrected chi connectivity index (χ2v) is 4.91. The van der Waals surface area contributed by atoms with Crippen LogP contribution in [-0.4, -0.2) is 24.6 Å². The summed E-state index contributed by atoms with van der Waals surface area (Å²) in [5.74, 6) is 0.307. The van der Waals surface area contributed by atoms with Crippen molar-refractivity contribution in [3.63, 3.8) is 0 Å². The van der Waals surface area contributed by atoms with E-state index in [-0.39, 0.29) is 11.8 Å². The summed E-state index contributed by atoms with van der Waals surface area (Å²) in [6.45, 7) is 0.695. The number of nitrogens with one attached hydrogen (secondary N) is 1. The molecule has 1 N–H and O–H groups in total. The lowest BCUT2D eigenvalue weighted by Crippen LogP contribution is -2.24. The van der Waals surface area contributed by atoms with Gasteiger partial charge in [-0.3, -0.25) is 9.59 Å². The van der Waals surface area contributed by atoms with Crippen LogP contribution >= 0.6 is 0 Å². The summed E-state index contributed by atoms with van der Waals surface area (Å²) < 4.78 is 5.07. The van der Waals surface area contributed by atoms with Crippen molar-refractivity contribution in [1.82, 2.24) is 5.43 Å². The molecule has 6 nitrogen and oxygen atoms in total. The zero-order valence-electron chi connectivity index (χ0n) is 11.9. The summed E-state index contributed by atoms with van der Waals surface area (Å²) in [4.78, 5) is 25.5. The number of hydrogen-bond donors (Lipinski definition) is 1. The molecule has 0 aliphatic carbocycles. The number of carbonyl (C=O) groups is 2. The van der Waals surface area contributed by atoms with Crippen LogP contribution in [0.15, 0.2) is 52.2 Å². The summed E-state index contributed by atoms with van der Waals surface area (Å²) in [5.41, 5.74) is 3.63. The zero-order chi connectivity index (χ0) is 15.4. The van der Waals surface area contributed by atoms with E-state index in [1.807, 2.05) is 6.07 Å². The van der Waals surface area contributed by atoms with Gasteiger partial charge in [0.1, 0.15) is 5.76 Å². The number of rotatable bonds is 4. The van der Waals surface area contributed by atoms with Crippen LogP contribution < -0.4 is 10.3 Å². The number of hydrogen-bond acceptors (Lipinski definition) is 4. The molecule has 0 spiro atoms. The third-order valence-electron chi connectivity index (χ3n) is 3.39. The summed E-state index contributed by atoms with van der Waals surface area (Å²) in [6.07, 6.45) is 4.36. The Morgan fingerprint density at radius 1 is 1.32 bits per heavy atom. The van der Waals surface area contributed by atoms with E-state index in [4.69, 9.17) is 4.42 Å². The van der Waals surface area contributed by atoms with E-state index >= 15 is 0 Å². The van der Waals surface area contributed by atoms with Gasteiger partial charge in [0.25, 0.3) is 5.91 Å². The summed E-state index contributed by atoms with van der Waals surface area (Å²) >= 11 is 0. The molecule has 1 aliphatic rings. The minimum atomic E-state index is -0.337. The van der Waals surface area contributed by atoms with Crippen molar-refractivity contribution in [2.45, 2.75) is 12.8 Å². The number of furan rings is 1. The van der Waals surface area contributed by atoms with Crippen LogP contribution in [0, 0.1) is 0 Å². The average molecular weight is 297 g/mol. The third kappa shape index (κ3) is 3.06. The van der Waals surface area contributed by atoms with Gasteiger partial charge < -0.3 is 9.32 Å². The molecule has 0 atom stereocenters. The molecular formula is C16H15N3O3. The number of nitrogens with zero attached hydrogens (tertiary/aromatic N) is 2. The molecule has 0 saturated carbocycles. The fourth-order valence-electron chi connectivity index (χ4n) is 2.32. The second kappa shape index (κ2) is 6.26. The first kappa shape index (κ1) is 14.1. The molecule has 2 amide bonds. The van der Waals surface area contributed by atoms with Crippen LogP contribution in [0.2, 0.25) is 0 Å². The first-order valence-corrected chi connectivity index (χ1v) is 7.01. The van der Waals surface area contributed by atoms with Gasteiger partial charge in [0, 0.05) is 24.2 Å². The van der Waals surface area contributed by atoms with E-state index in [2.05, 4.69) is 10.5 Å². The molecule has 1 aromatic heterocycles. The first-order chi connectivity index (χ1) is 10.7. The Labute approximate surface area is 127 Å². The molecule has 2 aromatic rings. The van der Waals surface area contributed by atoms with Gasteiger partial charge in [0.15, 0.2) is 0 Å². The number of hydrazone groups is 1. The van der Waals surface area contributed by atoms with E-state index < -0.39 is 0 Å². The molecule has 112 valence electrons. The Morgan fingerprint density at radius 2 is 2.23 bits per heavy atom. The largest absolute Gasteiger partial charge is 0.463 e. The minimum Gasteiger partial charge on any atom is -0.463 e. The number of benzene rings is 1. The smallest absolute Gasteiger partial charge is 0.271 e. The fourth-order valence-corrected chi connectivity index (χ4v) is 2.32. The summed E-state index contributed by atoms with van der Waals surface area (Å²) in [5, 5.41) is 3.83. The highest BCUT2D eigenvalue weighted by Crippen LogP contribution is 2.22. The maximum absolute atomic E-state index is 12.1. The number of amides is 2. The second-order valence-electron chi connectivity index (χ2n) is 4.91. The van der Waals surface area contributed by atoms with Crippen molar-refractivity contribution in [3.05, 3.63) is 54.0 Å². The topological polar surface area (TPSA) is 74.9 Å². The molecular weight excluding hydrogens is 282 g/mol. The van der Waals surface area contributed by atoms with Gasteiger partial charge in [-0.25, -0.2) is 5.43 Å². The van der Waals surface area contributed by atoms with Crippen molar-refractivity contribution >= 4 is 23.7 Å². The SMILES string of the molecule is O=C(NN=Cc1ccco1)c1cccc(N2CCCC2=O)c1. The van der Waals surface area contributed by atoms with Crippen LogP contribution in [0.5, 0.6) is 0 Å². The predicted octanol–water partition coefficient (Wildman–Crippen LogP) is 2.17. The van der Waals surface area contributed by atoms with Gasteiger partial charge in [-0.2, -0.15) is 5.10 Å². The Bertz CT molecular complexity index is 707. The maximum atomic E-state index is 12.1. The van der Waals surface area contributed by atoms with E-state index in [9.17, 15) is 9.59 Å². The van der Waals surface area contributed by atoms with E-state index in [0.717, 1.165) is 12.1 Å². The molecule has 0 radical (unpaired) electrons. The van der Waals surface area contributed by atoms with E-state index in [1.165, 1.54) is 12.5 Å². The molecule has 3 rings (SSSR count). The van der Waals surface area contributed by atoms with Gasteiger partial charge in [-0.15, -0.1) is 0 Å². The third-order valence-corrected chi connectivity index (χ3v) is 3.39. The highest BCUT2D eigenvalue weighted by Gasteiger charge is 2.22. The quantitative estimate of drug-likeness (QED) is 0.694. The molecule has 1 fully saturated rings. The first-order valence-electron chi connectivity index (χ1n) is 7.01. The van der Waals surface area contributed by atoms with Crippen molar-refractivity contribution in [1.29, 1.82) is 0 Å². The Balaban J connectivity index is 1.69. The number of anilines is 1. The fraction of sp³-hybridized carbons (Fsp3) is 0.188. The van der Waals surface area contributed by atoms with Crippen molar-refractivity contribution in [2.75, 3.05) is 11.4 Å². The predicted molar refractivity (Wildman–Crippen MR) is 81.8 cm³/mol. The van der Waals surface area contributed by atoms with Crippen molar-refractivity contribution < 1.29 is 14.0 Å². The van der Waals surface area contributed by atoms with Crippen LogP contribution in [-0.2, 0) is 4.79 Å². The standard InChI is InChI=1S/C16H15N3O3/c20-15-7-2-8-19(15)13-5-1-4-12(10-13)16(21)18-17-11-14-6-3-9-22-14/h1,3-6,9-11H,2,7-8H2,(H,18,21). The number of carbonyl (C=O) groups excluding carboxylic acids is 2. The highest BCUT2D eigenvalue weighted by atomic mass is 16.3. The van der Waals surface area contributed by atoms with E-state index in [0.29, 0.717) is 24.3 Å². The summed E-state index contributed by atoms with van der Waals surface area (Å²) in [6, 6.07) is 10.4. The highest BCUT2D eigenvalue weighted by molar-refractivity contribution is 5.99. The molecule has 0 unspecified atom stereocenters. The van der Waals surface area contributed by atoms with Gasteiger partial charge in [-0.1, -0.05) is 6.07 Å². The normalized spacial score (nSPS) is 14.7. The van der Waals surface area contributed by atoms with Gasteiger partial charge >= 0.3 is 0 Å². The molecule has 1 saturated heterocycles. The summed E-state index contributed by atoms with van der Waals surface area (Å²) in [7, 11) is 0. The van der Waals surface area contributed by atoms with Gasteiger partial charge in [0.05, 0.1) is 12.5 Å². The Kier molecular flexibility index (Phi) is 4.00. The van der Waals surface area contributed by atoms with Crippen LogP contribution in [0.1, 0.15) is 29.0 Å².